The number of hydrogen-bond donors (Lipinski definition) is 3. The van der Waals surface area contributed by atoms with Crippen molar-refractivity contribution in [3.63, 3.8) is 0 Å². The summed E-state index contributed by atoms with van der Waals surface area (Å²) in [6.07, 6.45) is 1.49. The Morgan fingerprint density at radius 2 is 1.91 bits per heavy atom. The van der Waals surface area contributed by atoms with Gasteiger partial charge in [0.1, 0.15) is 37.4 Å². The highest BCUT2D eigenvalue weighted by Gasteiger charge is 2.35. The lowest BCUT2D eigenvalue weighted by atomic mass is 10.0. The molecule has 3 N–H and O–H groups in total. The predicted molar refractivity (Wildman–Crippen MR) is 88.1 cm³/mol. The van der Waals surface area contributed by atoms with Crippen molar-refractivity contribution in [2.45, 2.75) is 6.04 Å². The lowest BCUT2D eigenvalue weighted by molar-refractivity contribution is -1.02. The van der Waals surface area contributed by atoms with Gasteiger partial charge in [0.2, 0.25) is 10.8 Å². The van der Waals surface area contributed by atoms with E-state index >= 15 is 0 Å². The van der Waals surface area contributed by atoms with Gasteiger partial charge in [0.05, 0.1) is 7.05 Å². The Morgan fingerprint density at radius 1 is 1.17 bits per heavy atom. The van der Waals surface area contributed by atoms with Crippen molar-refractivity contribution in [1.82, 2.24) is 14.6 Å². The summed E-state index contributed by atoms with van der Waals surface area (Å²) >= 11 is 1.54. The van der Waals surface area contributed by atoms with Gasteiger partial charge in [-0.25, -0.2) is 4.98 Å². The summed E-state index contributed by atoms with van der Waals surface area (Å²) in [7, 11) is 2.24. The lowest BCUT2D eigenvalue weighted by Crippen LogP contribution is -3.27. The molecule has 23 heavy (non-hydrogen) atoms. The highest BCUT2D eigenvalue weighted by molar-refractivity contribution is 7.17. The number of rotatable bonds is 3. The van der Waals surface area contributed by atoms with Crippen LogP contribution in [0.2, 0.25) is 0 Å². The second-order valence-corrected chi connectivity index (χ2v) is 7.21. The Balaban J connectivity index is 1.78. The topological polar surface area (TPSA) is 59.3 Å². The first-order valence-corrected chi connectivity index (χ1v) is 8.78. The fraction of sp³-hybridized carbons (Fsp3) is 0.375. The molecule has 0 saturated carbocycles. The molecule has 0 bridgehead atoms. The minimum absolute atomic E-state index is 0.137. The first-order chi connectivity index (χ1) is 11.2. The molecule has 0 amide bonds. The van der Waals surface area contributed by atoms with Crippen LogP contribution >= 0.6 is 11.3 Å². The van der Waals surface area contributed by atoms with Crippen LogP contribution in [0.3, 0.4) is 0 Å². The van der Waals surface area contributed by atoms with Gasteiger partial charge in [0.15, 0.2) is 6.04 Å². The van der Waals surface area contributed by atoms with Gasteiger partial charge in [0, 0.05) is 5.56 Å². The number of piperazine rings is 1. The Kier molecular flexibility index (Phi) is 3.76. The lowest BCUT2D eigenvalue weighted by Gasteiger charge is -2.33. The summed E-state index contributed by atoms with van der Waals surface area (Å²) in [5.74, 6) is 0.232. The van der Waals surface area contributed by atoms with Crippen LogP contribution in [0.25, 0.3) is 4.96 Å². The Hall–Kier alpha value is -1.96. The molecule has 0 aliphatic carbocycles. The average Bonchev–Trinajstić information content (AvgIpc) is 3.15. The summed E-state index contributed by atoms with van der Waals surface area (Å²) in [6, 6.07) is 10.6. The van der Waals surface area contributed by atoms with Gasteiger partial charge in [0.25, 0.3) is 0 Å². The first-order valence-electron chi connectivity index (χ1n) is 7.96. The van der Waals surface area contributed by atoms with Crippen LogP contribution in [-0.2, 0) is 0 Å². The zero-order valence-corrected chi connectivity index (χ0v) is 13.9. The first kappa shape index (κ1) is 14.6. The number of benzene rings is 1. The van der Waals surface area contributed by atoms with Crippen LogP contribution in [0.1, 0.15) is 16.5 Å². The molecule has 7 heteroatoms. The van der Waals surface area contributed by atoms with Crippen molar-refractivity contribution >= 4 is 16.3 Å². The monoisotopic (exact) mass is 331 g/mol. The van der Waals surface area contributed by atoms with Crippen LogP contribution in [-0.4, -0.2) is 52.9 Å². The van der Waals surface area contributed by atoms with Gasteiger partial charge in [-0.3, -0.25) is 0 Å². The summed E-state index contributed by atoms with van der Waals surface area (Å²) in [6.45, 7) is 4.50. The Morgan fingerprint density at radius 3 is 2.61 bits per heavy atom. The van der Waals surface area contributed by atoms with E-state index in [1.54, 1.807) is 4.90 Å². The molecule has 2 aromatic heterocycles. The van der Waals surface area contributed by atoms with E-state index in [0.717, 1.165) is 36.0 Å². The Labute approximate surface area is 138 Å². The quantitative estimate of drug-likeness (QED) is 0.577. The molecule has 0 unspecified atom stereocenters. The Bertz CT molecular complexity index is 791. The number of nitrogens with one attached hydrogen (secondary N) is 2. The summed E-state index contributed by atoms with van der Waals surface area (Å²) < 4.78 is 1.54. The molecular formula is C16H21N5OS+2. The van der Waals surface area contributed by atoms with Crippen LogP contribution in [0.4, 0.5) is 0 Å². The number of thiazole rings is 1. The molecule has 0 spiro atoms. The third-order valence-corrected chi connectivity index (χ3v) is 5.79. The smallest absolute Gasteiger partial charge is 0.235 e. The summed E-state index contributed by atoms with van der Waals surface area (Å²) in [5.41, 5.74) is 1.24. The van der Waals surface area contributed by atoms with Gasteiger partial charge in [-0.05, 0) is 0 Å². The maximum Gasteiger partial charge on any atom is 0.235 e. The number of quaternary nitrogens is 2. The van der Waals surface area contributed by atoms with Gasteiger partial charge in [-0.1, -0.05) is 41.7 Å². The van der Waals surface area contributed by atoms with E-state index in [4.69, 9.17) is 0 Å². The van der Waals surface area contributed by atoms with Gasteiger partial charge >= 0.3 is 0 Å². The number of fused-ring (bicyclic) bond motifs is 1. The maximum absolute atomic E-state index is 10.6. The van der Waals surface area contributed by atoms with E-state index in [2.05, 4.69) is 41.4 Å². The van der Waals surface area contributed by atoms with Crippen LogP contribution in [0.15, 0.2) is 36.7 Å². The van der Waals surface area contributed by atoms with Gasteiger partial charge in [-0.2, -0.15) is 9.61 Å². The minimum atomic E-state index is 0.137. The average molecular weight is 331 g/mol. The van der Waals surface area contributed by atoms with E-state index in [9.17, 15) is 5.11 Å². The molecule has 1 saturated heterocycles. The van der Waals surface area contributed by atoms with Crippen molar-refractivity contribution in [3.05, 3.63) is 47.1 Å². The number of hydrogen-bond acceptors (Lipinski definition) is 4. The molecule has 1 aromatic carbocycles. The molecule has 1 aliphatic rings. The molecule has 1 atom stereocenters. The van der Waals surface area contributed by atoms with Crippen molar-refractivity contribution in [2.75, 3.05) is 33.2 Å². The fourth-order valence-corrected chi connectivity index (χ4v) is 4.50. The largest absolute Gasteiger partial charge is 0.492 e. The van der Waals surface area contributed by atoms with Gasteiger partial charge in [-0.15, -0.1) is 0 Å². The van der Waals surface area contributed by atoms with Crippen LogP contribution in [0.5, 0.6) is 5.88 Å². The third-order valence-electron chi connectivity index (χ3n) is 4.69. The number of aromatic nitrogens is 3. The van der Waals surface area contributed by atoms with E-state index in [-0.39, 0.29) is 11.9 Å². The molecule has 1 fully saturated rings. The predicted octanol–water partition coefficient (Wildman–Crippen LogP) is -1.00. The zero-order chi connectivity index (χ0) is 15.8. The van der Waals surface area contributed by atoms with Crippen molar-refractivity contribution in [3.8, 4) is 5.88 Å². The fourth-order valence-electron chi connectivity index (χ4n) is 3.39. The molecule has 3 heterocycles. The van der Waals surface area contributed by atoms with Crippen molar-refractivity contribution in [2.24, 2.45) is 0 Å². The standard InChI is InChI=1S/C16H19N5OS/c1-19-7-9-20(10-8-19)13(12-5-3-2-4-6-12)14-15(22)21-16(23-14)17-11-18-21/h2-6,11,13,22H,7-10H2,1H3/p+2/t13-/m0/s1. The summed E-state index contributed by atoms with van der Waals surface area (Å²) in [4.78, 5) is 9.02. The maximum atomic E-state index is 10.6. The minimum Gasteiger partial charge on any atom is -0.492 e. The summed E-state index contributed by atoms with van der Waals surface area (Å²) in [5, 5.41) is 14.8. The van der Waals surface area contributed by atoms with Crippen molar-refractivity contribution < 1.29 is 14.9 Å². The van der Waals surface area contributed by atoms with E-state index in [1.165, 1.54) is 32.6 Å². The molecule has 0 radical (unpaired) electrons. The molecular weight excluding hydrogens is 310 g/mol. The van der Waals surface area contributed by atoms with Crippen LogP contribution in [0, 0.1) is 0 Å². The number of likely N-dealkylation sites (N-methyl/N-ethyl adjacent to an activating group) is 1. The van der Waals surface area contributed by atoms with Crippen molar-refractivity contribution in [1.29, 1.82) is 0 Å². The highest BCUT2D eigenvalue weighted by Crippen LogP contribution is 2.34. The second-order valence-electron chi connectivity index (χ2n) is 6.20. The molecule has 120 valence electrons. The molecule has 3 aromatic rings. The number of nitrogens with zero attached hydrogens (tertiary/aromatic N) is 3. The zero-order valence-electron chi connectivity index (χ0n) is 13.1. The molecule has 6 nitrogen and oxygen atoms in total. The molecule has 1 aliphatic heterocycles. The SMILES string of the molecule is C[NH+]1CC[NH+]([C@@H](c2ccccc2)c2sc3ncnn3c2O)CC1. The van der Waals surface area contributed by atoms with Crippen LogP contribution < -0.4 is 9.80 Å². The van der Waals surface area contributed by atoms with E-state index in [0.29, 0.717) is 0 Å². The van der Waals surface area contributed by atoms with Gasteiger partial charge < -0.3 is 14.9 Å². The van der Waals surface area contributed by atoms with E-state index in [1.807, 2.05) is 6.07 Å². The third kappa shape index (κ3) is 2.60. The second kappa shape index (κ2) is 5.92. The normalized spacial score (nSPS) is 23.2. The van der Waals surface area contributed by atoms with E-state index < -0.39 is 0 Å². The number of aromatic hydroxyl groups is 1. The molecule has 4 rings (SSSR count). The highest BCUT2D eigenvalue weighted by atomic mass is 32.1.